The van der Waals surface area contributed by atoms with Crippen molar-refractivity contribution in [2.45, 2.75) is 334 Å². The molecule has 0 saturated heterocycles. The number of aliphatic hydroxyl groups is 4. The van der Waals surface area contributed by atoms with Crippen LogP contribution < -0.4 is 5.32 Å². The molecule has 0 aliphatic carbocycles. The Bertz CT molecular complexity index is 1040. The van der Waals surface area contributed by atoms with Crippen LogP contribution in [0.1, 0.15) is 309 Å². The van der Waals surface area contributed by atoms with Crippen LogP contribution in [0.5, 0.6) is 0 Å². The number of amides is 1. The maximum atomic E-state index is 12.6. The third kappa shape index (κ3) is 47.6. The predicted octanol–water partition coefficient (Wildman–Crippen LogP) is 17.2. The average Bonchev–Trinajstić information content (AvgIpc) is 3.32. The molecule has 6 nitrogen and oxygen atoms in total. The largest absolute Gasteiger partial charge is 0.394 e. The van der Waals surface area contributed by atoms with Crippen molar-refractivity contribution in [3.8, 4) is 0 Å². The number of carbonyl (C=O) groups excluding carboxylic acids is 1. The standard InChI is InChI=1S/C60H115NO5/c1-3-5-7-9-11-13-15-17-19-21-23-25-26-27-28-29-30-31-32-33-34-36-37-39-41-43-45-47-49-51-53-57(63)59(65)56(55-62)61-60(66)58(64)54-52-50-48-46-44-42-40-38-35-24-22-20-18-16-14-12-10-8-6-4-2/h6,8,12,14,45,47,56-59,62-65H,3-5,7,9-11,13,15-44,46,48-55H2,1-2H3,(H,61,66)/b8-6-,14-12-,47-45+. The average molecular weight is 931 g/mol. The van der Waals surface area contributed by atoms with E-state index in [9.17, 15) is 25.2 Å². The van der Waals surface area contributed by atoms with E-state index in [-0.39, 0.29) is 0 Å². The van der Waals surface area contributed by atoms with Gasteiger partial charge in [-0.25, -0.2) is 0 Å². The van der Waals surface area contributed by atoms with Crippen molar-refractivity contribution < 1.29 is 25.2 Å². The molecule has 4 atom stereocenters. The fourth-order valence-corrected chi connectivity index (χ4v) is 9.27. The summed E-state index contributed by atoms with van der Waals surface area (Å²) in [6.07, 6.45) is 68.0. The topological polar surface area (TPSA) is 110 Å². The maximum absolute atomic E-state index is 12.6. The quantitative estimate of drug-likeness (QED) is 0.0308. The number of aliphatic hydroxyl groups excluding tert-OH is 4. The number of nitrogens with one attached hydrogen (secondary N) is 1. The zero-order chi connectivity index (χ0) is 48.1. The molecule has 0 aromatic heterocycles. The summed E-state index contributed by atoms with van der Waals surface area (Å²) in [6, 6.07) is -1.00. The molecule has 0 radical (unpaired) electrons. The minimum atomic E-state index is -1.28. The molecule has 0 heterocycles. The van der Waals surface area contributed by atoms with Gasteiger partial charge in [0.1, 0.15) is 12.2 Å². The smallest absolute Gasteiger partial charge is 0.249 e. The van der Waals surface area contributed by atoms with Crippen LogP contribution >= 0.6 is 0 Å². The number of hydrogen-bond donors (Lipinski definition) is 5. The van der Waals surface area contributed by atoms with Crippen molar-refractivity contribution in [1.82, 2.24) is 5.32 Å². The van der Waals surface area contributed by atoms with Gasteiger partial charge in [0.2, 0.25) is 5.91 Å². The third-order valence-electron chi connectivity index (χ3n) is 13.8. The molecule has 0 saturated carbocycles. The Hall–Kier alpha value is -1.47. The lowest BCUT2D eigenvalue weighted by Gasteiger charge is -2.27. The number of rotatable bonds is 54. The fourth-order valence-electron chi connectivity index (χ4n) is 9.27. The van der Waals surface area contributed by atoms with Gasteiger partial charge in [-0.3, -0.25) is 4.79 Å². The molecule has 66 heavy (non-hydrogen) atoms. The van der Waals surface area contributed by atoms with Gasteiger partial charge in [0, 0.05) is 0 Å². The van der Waals surface area contributed by atoms with Gasteiger partial charge in [-0.2, -0.15) is 0 Å². The molecule has 390 valence electrons. The number of allylic oxidation sites excluding steroid dienone is 6. The Kier molecular flexibility index (Phi) is 53.3. The van der Waals surface area contributed by atoms with Crippen LogP contribution in [0, 0.1) is 0 Å². The van der Waals surface area contributed by atoms with E-state index in [0.717, 1.165) is 51.4 Å². The number of hydrogen-bond acceptors (Lipinski definition) is 5. The van der Waals surface area contributed by atoms with Crippen LogP contribution in [-0.4, -0.2) is 57.3 Å². The van der Waals surface area contributed by atoms with E-state index in [0.29, 0.717) is 12.8 Å². The van der Waals surface area contributed by atoms with E-state index in [4.69, 9.17) is 0 Å². The van der Waals surface area contributed by atoms with Crippen molar-refractivity contribution in [3.63, 3.8) is 0 Å². The van der Waals surface area contributed by atoms with Gasteiger partial charge in [0.05, 0.1) is 18.8 Å². The van der Waals surface area contributed by atoms with Crippen LogP contribution in [0.3, 0.4) is 0 Å². The van der Waals surface area contributed by atoms with Gasteiger partial charge in [-0.05, 0) is 64.2 Å². The highest BCUT2D eigenvalue weighted by molar-refractivity contribution is 5.80. The highest BCUT2D eigenvalue weighted by atomic mass is 16.3. The second kappa shape index (κ2) is 54.5. The highest BCUT2D eigenvalue weighted by Gasteiger charge is 2.28. The number of carbonyl (C=O) groups is 1. The van der Waals surface area contributed by atoms with Gasteiger partial charge in [-0.1, -0.05) is 281 Å². The summed E-state index contributed by atoms with van der Waals surface area (Å²) in [7, 11) is 0. The summed E-state index contributed by atoms with van der Waals surface area (Å²) in [5.41, 5.74) is 0. The highest BCUT2D eigenvalue weighted by Crippen LogP contribution is 2.18. The molecule has 1 amide bonds. The Morgan fingerprint density at radius 3 is 1.08 bits per heavy atom. The zero-order valence-corrected chi connectivity index (χ0v) is 44.2. The molecule has 0 bridgehead atoms. The molecule has 4 unspecified atom stereocenters. The minimum Gasteiger partial charge on any atom is -0.394 e. The van der Waals surface area contributed by atoms with E-state index in [1.807, 2.05) is 0 Å². The molecule has 0 aromatic rings. The molecule has 0 fully saturated rings. The summed E-state index contributed by atoms with van der Waals surface area (Å²) in [4.78, 5) is 12.6. The Labute approximate surface area is 411 Å². The molecular weight excluding hydrogens is 815 g/mol. The van der Waals surface area contributed by atoms with Crippen molar-refractivity contribution in [1.29, 1.82) is 0 Å². The first-order chi connectivity index (χ1) is 32.5. The van der Waals surface area contributed by atoms with Crippen molar-refractivity contribution >= 4 is 5.91 Å². The molecule has 0 aromatic carbocycles. The Balaban J connectivity index is 3.61. The van der Waals surface area contributed by atoms with Gasteiger partial charge in [0.15, 0.2) is 0 Å². The normalized spacial score (nSPS) is 14.0. The monoisotopic (exact) mass is 930 g/mol. The third-order valence-corrected chi connectivity index (χ3v) is 13.8. The van der Waals surface area contributed by atoms with Gasteiger partial charge >= 0.3 is 0 Å². The van der Waals surface area contributed by atoms with E-state index in [1.165, 1.54) is 231 Å². The molecule has 0 aliphatic rings. The molecule has 0 rings (SSSR count). The summed E-state index contributed by atoms with van der Waals surface area (Å²) >= 11 is 0. The molecule has 0 aliphatic heterocycles. The van der Waals surface area contributed by atoms with Crippen LogP contribution in [0.25, 0.3) is 0 Å². The van der Waals surface area contributed by atoms with Crippen LogP contribution in [0.4, 0.5) is 0 Å². The van der Waals surface area contributed by atoms with Crippen LogP contribution in [0.2, 0.25) is 0 Å². The molecule has 5 N–H and O–H groups in total. The summed E-state index contributed by atoms with van der Waals surface area (Å²) in [6.45, 7) is 3.97. The van der Waals surface area contributed by atoms with Gasteiger partial charge < -0.3 is 25.7 Å². The summed E-state index contributed by atoms with van der Waals surface area (Å²) in [5.74, 6) is -0.591. The van der Waals surface area contributed by atoms with E-state index in [1.54, 1.807) is 0 Å². The van der Waals surface area contributed by atoms with E-state index < -0.39 is 36.9 Å². The Morgan fingerprint density at radius 1 is 0.394 bits per heavy atom. The Morgan fingerprint density at radius 2 is 0.712 bits per heavy atom. The first-order valence-corrected chi connectivity index (χ1v) is 29.4. The van der Waals surface area contributed by atoms with Crippen LogP contribution in [-0.2, 0) is 4.79 Å². The first-order valence-electron chi connectivity index (χ1n) is 29.4. The second-order valence-corrected chi connectivity index (χ2v) is 20.3. The lowest BCUT2D eigenvalue weighted by Crippen LogP contribution is -2.53. The van der Waals surface area contributed by atoms with Crippen molar-refractivity contribution in [2.24, 2.45) is 0 Å². The first kappa shape index (κ1) is 64.5. The molecule has 6 heteroatoms. The summed E-state index contributed by atoms with van der Waals surface area (Å²) < 4.78 is 0. The SMILES string of the molecule is CC/C=C\C/C=C\CCCCCCCCCCCCCCCC(O)C(=O)NC(CO)C(O)C(O)CCC/C=C/CCCCCCCCCCCCCCCCCCCCCCCCCCC. The van der Waals surface area contributed by atoms with Crippen molar-refractivity contribution in [3.05, 3.63) is 36.5 Å². The minimum absolute atomic E-state index is 0.362. The lowest BCUT2D eigenvalue weighted by atomic mass is 10.00. The second-order valence-electron chi connectivity index (χ2n) is 20.3. The predicted molar refractivity (Wildman–Crippen MR) is 288 cm³/mol. The number of unbranched alkanes of at least 4 members (excludes halogenated alkanes) is 39. The molecule has 0 spiro atoms. The fraction of sp³-hybridized carbons (Fsp3) is 0.883. The van der Waals surface area contributed by atoms with E-state index >= 15 is 0 Å². The van der Waals surface area contributed by atoms with Crippen molar-refractivity contribution in [2.75, 3.05) is 6.61 Å². The van der Waals surface area contributed by atoms with Gasteiger partial charge in [0.25, 0.3) is 0 Å². The lowest BCUT2D eigenvalue weighted by molar-refractivity contribution is -0.132. The molecular formula is C60H115NO5. The maximum Gasteiger partial charge on any atom is 0.249 e. The zero-order valence-electron chi connectivity index (χ0n) is 44.2. The van der Waals surface area contributed by atoms with Gasteiger partial charge in [-0.15, -0.1) is 0 Å². The van der Waals surface area contributed by atoms with Crippen LogP contribution in [0.15, 0.2) is 36.5 Å². The summed E-state index contributed by atoms with van der Waals surface area (Å²) in [5, 5.41) is 44.0. The van der Waals surface area contributed by atoms with E-state index in [2.05, 4.69) is 55.6 Å².